The van der Waals surface area contributed by atoms with Crippen LogP contribution in [0.3, 0.4) is 0 Å². The largest absolute Gasteiger partial charge is 0.321 e. The number of hydrogen-bond acceptors (Lipinski definition) is 5. The summed E-state index contributed by atoms with van der Waals surface area (Å²) < 4.78 is 27.3. The number of benzene rings is 1. The number of nitrogens with one attached hydrogen (secondary N) is 1. The van der Waals surface area contributed by atoms with Crippen LogP contribution in [0.25, 0.3) is 11.0 Å². The van der Waals surface area contributed by atoms with Crippen LogP contribution in [0.2, 0.25) is 0 Å². The SMILES string of the molecule is Cc1nn(C)c2ncc(NC(=O)c3cccc(N4CCCS4(=O)=O)c3)cc12. The molecule has 0 aliphatic carbocycles. The van der Waals surface area contributed by atoms with E-state index in [1.54, 1.807) is 35.1 Å². The molecule has 1 amide bonds. The fourth-order valence-corrected chi connectivity index (χ4v) is 4.87. The van der Waals surface area contributed by atoms with E-state index in [1.807, 2.05) is 20.0 Å². The summed E-state index contributed by atoms with van der Waals surface area (Å²) in [5, 5.41) is 8.00. The Bertz CT molecular complexity index is 1150. The number of fused-ring (bicyclic) bond motifs is 1. The van der Waals surface area contributed by atoms with Crippen LogP contribution >= 0.6 is 0 Å². The van der Waals surface area contributed by atoms with Gasteiger partial charge in [-0.15, -0.1) is 0 Å². The molecule has 1 saturated heterocycles. The monoisotopic (exact) mass is 385 g/mol. The molecule has 1 N–H and O–H groups in total. The Morgan fingerprint density at radius 1 is 1.26 bits per heavy atom. The summed E-state index contributed by atoms with van der Waals surface area (Å²) in [6, 6.07) is 8.47. The minimum Gasteiger partial charge on any atom is -0.321 e. The molecule has 4 rings (SSSR count). The second kappa shape index (κ2) is 6.34. The highest BCUT2D eigenvalue weighted by Crippen LogP contribution is 2.25. The van der Waals surface area contributed by atoms with Crippen molar-refractivity contribution in [1.82, 2.24) is 14.8 Å². The average molecular weight is 385 g/mol. The van der Waals surface area contributed by atoms with E-state index in [1.165, 1.54) is 4.31 Å². The molecular weight excluding hydrogens is 366 g/mol. The quantitative estimate of drug-likeness (QED) is 0.744. The fourth-order valence-electron chi connectivity index (χ4n) is 3.31. The number of pyridine rings is 1. The van der Waals surface area contributed by atoms with Crippen molar-refractivity contribution in [3.8, 4) is 0 Å². The van der Waals surface area contributed by atoms with Crippen LogP contribution in [0.15, 0.2) is 36.5 Å². The number of amides is 1. The minimum absolute atomic E-state index is 0.138. The average Bonchev–Trinajstić information content (AvgIpc) is 3.13. The lowest BCUT2D eigenvalue weighted by atomic mass is 10.1. The number of carbonyl (C=O) groups excluding carboxylic acids is 1. The Morgan fingerprint density at radius 3 is 2.81 bits per heavy atom. The molecule has 3 aromatic rings. The maximum absolute atomic E-state index is 12.6. The number of hydrogen-bond donors (Lipinski definition) is 1. The number of carbonyl (C=O) groups is 1. The van der Waals surface area contributed by atoms with Crippen molar-refractivity contribution < 1.29 is 13.2 Å². The lowest BCUT2D eigenvalue weighted by molar-refractivity contribution is 0.102. The summed E-state index contributed by atoms with van der Waals surface area (Å²) in [5.74, 6) is -0.185. The fraction of sp³-hybridized carbons (Fsp3) is 0.278. The number of rotatable bonds is 3. The summed E-state index contributed by atoms with van der Waals surface area (Å²) in [7, 11) is -1.47. The summed E-state index contributed by atoms with van der Waals surface area (Å²) >= 11 is 0. The molecule has 0 spiro atoms. The molecule has 0 unspecified atom stereocenters. The molecular formula is C18H19N5O3S. The first-order chi connectivity index (χ1) is 12.8. The molecule has 0 radical (unpaired) electrons. The third kappa shape index (κ3) is 3.14. The Kier molecular flexibility index (Phi) is 4.11. The van der Waals surface area contributed by atoms with Gasteiger partial charge in [-0.2, -0.15) is 5.10 Å². The van der Waals surface area contributed by atoms with Gasteiger partial charge >= 0.3 is 0 Å². The van der Waals surface area contributed by atoms with E-state index in [2.05, 4.69) is 15.4 Å². The summed E-state index contributed by atoms with van der Waals surface area (Å²) in [6.07, 6.45) is 2.17. The molecule has 0 saturated carbocycles. The molecule has 1 aromatic carbocycles. The number of nitrogens with zero attached hydrogens (tertiary/aromatic N) is 4. The van der Waals surface area contributed by atoms with Gasteiger partial charge in [-0.3, -0.25) is 13.8 Å². The highest BCUT2D eigenvalue weighted by atomic mass is 32.2. The van der Waals surface area contributed by atoms with Crippen molar-refractivity contribution >= 4 is 38.3 Å². The molecule has 1 aliphatic rings. The number of aryl methyl sites for hydroxylation is 2. The van der Waals surface area contributed by atoms with Gasteiger partial charge in [-0.25, -0.2) is 13.4 Å². The molecule has 2 aromatic heterocycles. The highest BCUT2D eigenvalue weighted by Gasteiger charge is 2.28. The lowest BCUT2D eigenvalue weighted by Crippen LogP contribution is -2.25. The molecule has 27 heavy (non-hydrogen) atoms. The van der Waals surface area contributed by atoms with Crippen LogP contribution in [0.4, 0.5) is 11.4 Å². The predicted octanol–water partition coefficient (Wildman–Crippen LogP) is 2.07. The zero-order valence-corrected chi connectivity index (χ0v) is 15.8. The first-order valence-corrected chi connectivity index (χ1v) is 10.2. The van der Waals surface area contributed by atoms with E-state index in [0.29, 0.717) is 29.9 Å². The van der Waals surface area contributed by atoms with Crippen molar-refractivity contribution in [2.45, 2.75) is 13.3 Å². The molecule has 0 atom stereocenters. The van der Waals surface area contributed by atoms with Crippen LogP contribution < -0.4 is 9.62 Å². The van der Waals surface area contributed by atoms with Crippen LogP contribution in [-0.4, -0.2) is 41.4 Å². The van der Waals surface area contributed by atoms with Gasteiger partial charge in [0.2, 0.25) is 10.0 Å². The second-order valence-corrected chi connectivity index (χ2v) is 8.56. The smallest absolute Gasteiger partial charge is 0.255 e. The van der Waals surface area contributed by atoms with Gasteiger partial charge in [-0.1, -0.05) is 6.07 Å². The van der Waals surface area contributed by atoms with Crippen LogP contribution in [-0.2, 0) is 17.1 Å². The minimum atomic E-state index is -3.29. The van der Waals surface area contributed by atoms with E-state index in [9.17, 15) is 13.2 Å². The van der Waals surface area contributed by atoms with Crippen molar-refractivity contribution in [1.29, 1.82) is 0 Å². The van der Waals surface area contributed by atoms with Crippen LogP contribution in [0, 0.1) is 6.92 Å². The highest BCUT2D eigenvalue weighted by molar-refractivity contribution is 7.93. The Hall–Kier alpha value is -2.94. The van der Waals surface area contributed by atoms with Crippen LogP contribution in [0.5, 0.6) is 0 Å². The Balaban J connectivity index is 1.60. The zero-order valence-electron chi connectivity index (χ0n) is 15.0. The molecule has 1 aliphatic heterocycles. The number of aromatic nitrogens is 3. The van der Waals surface area contributed by atoms with Gasteiger partial charge in [-0.05, 0) is 37.6 Å². The molecule has 9 heteroatoms. The Morgan fingerprint density at radius 2 is 2.07 bits per heavy atom. The van der Waals surface area contributed by atoms with Gasteiger partial charge in [0.05, 0.1) is 29.0 Å². The standard InChI is InChI=1S/C18H19N5O3S/c1-12-16-10-14(11-19-17(16)22(2)21-12)20-18(24)13-5-3-6-15(9-13)23-7-4-8-27(23,25)26/h3,5-6,9-11H,4,7-8H2,1-2H3,(H,20,24). The first-order valence-electron chi connectivity index (χ1n) is 8.56. The molecule has 8 nitrogen and oxygen atoms in total. The van der Waals surface area contributed by atoms with E-state index in [4.69, 9.17) is 0 Å². The van der Waals surface area contributed by atoms with E-state index in [0.717, 1.165) is 16.7 Å². The van der Waals surface area contributed by atoms with Gasteiger partial charge in [0, 0.05) is 24.5 Å². The van der Waals surface area contributed by atoms with Crippen molar-refractivity contribution in [2.75, 3.05) is 21.9 Å². The van der Waals surface area contributed by atoms with Crippen molar-refractivity contribution in [3.63, 3.8) is 0 Å². The van der Waals surface area contributed by atoms with Crippen molar-refractivity contribution in [3.05, 3.63) is 47.8 Å². The van der Waals surface area contributed by atoms with Gasteiger partial charge in [0.15, 0.2) is 5.65 Å². The maximum atomic E-state index is 12.6. The summed E-state index contributed by atoms with van der Waals surface area (Å²) in [4.78, 5) is 17.0. The third-order valence-electron chi connectivity index (χ3n) is 4.62. The maximum Gasteiger partial charge on any atom is 0.255 e. The summed E-state index contributed by atoms with van der Waals surface area (Å²) in [6.45, 7) is 2.32. The number of anilines is 2. The molecule has 0 bridgehead atoms. The zero-order chi connectivity index (χ0) is 19.2. The second-order valence-electron chi connectivity index (χ2n) is 6.55. The third-order valence-corrected chi connectivity index (χ3v) is 6.49. The van der Waals surface area contributed by atoms with Crippen molar-refractivity contribution in [2.24, 2.45) is 7.05 Å². The molecule has 3 heterocycles. The summed E-state index contributed by atoms with van der Waals surface area (Å²) in [5.41, 5.74) is 3.03. The van der Waals surface area contributed by atoms with E-state index >= 15 is 0 Å². The van der Waals surface area contributed by atoms with Gasteiger partial charge in [0.25, 0.3) is 5.91 Å². The number of sulfonamides is 1. The normalized spacial score (nSPS) is 16.0. The predicted molar refractivity (Wildman–Crippen MR) is 103 cm³/mol. The Labute approximate surface area is 156 Å². The lowest BCUT2D eigenvalue weighted by Gasteiger charge is -2.17. The van der Waals surface area contributed by atoms with Gasteiger partial charge in [0.1, 0.15) is 0 Å². The van der Waals surface area contributed by atoms with Crippen LogP contribution in [0.1, 0.15) is 22.5 Å². The van der Waals surface area contributed by atoms with E-state index in [-0.39, 0.29) is 11.7 Å². The first kappa shape index (κ1) is 17.5. The molecule has 1 fully saturated rings. The topological polar surface area (TPSA) is 97.2 Å². The molecule has 140 valence electrons. The van der Waals surface area contributed by atoms with Gasteiger partial charge < -0.3 is 5.32 Å². The van der Waals surface area contributed by atoms with E-state index < -0.39 is 10.0 Å².